The highest BCUT2D eigenvalue weighted by Gasteiger charge is 2.19. The van der Waals surface area contributed by atoms with Crippen LogP contribution in [-0.2, 0) is 9.59 Å². The van der Waals surface area contributed by atoms with Crippen molar-refractivity contribution in [2.75, 3.05) is 16.8 Å². The minimum absolute atomic E-state index is 0.240. The molecule has 0 saturated heterocycles. The Labute approximate surface area is 149 Å². The number of carbonyl (C=O) groups excluding carboxylic acids is 2. The van der Waals surface area contributed by atoms with Crippen molar-refractivity contribution in [2.24, 2.45) is 0 Å². The van der Waals surface area contributed by atoms with Crippen molar-refractivity contribution in [3.63, 3.8) is 0 Å². The van der Waals surface area contributed by atoms with E-state index < -0.39 is 5.91 Å². The van der Waals surface area contributed by atoms with Gasteiger partial charge in [-0.15, -0.1) is 0 Å². The molecule has 0 aliphatic heterocycles. The van der Waals surface area contributed by atoms with Crippen LogP contribution >= 0.6 is 23.2 Å². The molecule has 7 heteroatoms. The van der Waals surface area contributed by atoms with Crippen molar-refractivity contribution >= 4 is 46.4 Å². The molecular weight excluding hydrogens is 349 g/mol. The molecule has 24 heavy (non-hydrogen) atoms. The summed E-state index contributed by atoms with van der Waals surface area (Å²) < 4.78 is 0. The Hall–Kier alpha value is -2.55. The second-order valence-corrected chi connectivity index (χ2v) is 5.75. The number of benzene rings is 2. The molecule has 0 fully saturated rings. The highest BCUT2D eigenvalue weighted by molar-refractivity contribution is 6.36. The van der Waals surface area contributed by atoms with Gasteiger partial charge in [-0.05, 0) is 30.3 Å². The van der Waals surface area contributed by atoms with E-state index in [1.807, 2.05) is 6.07 Å². The number of nitriles is 1. The molecule has 0 spiro atoms. The van der Waals surface area contributed by atoms with Crippen LogP contribution in [0.5, 0.6) is 0 Å². The van der Waals surface area contributed by atoms with E-state index >= 15 is 0 Å². The number of nitrogens with zero attached hydrogens (tertiary/aromatic N) is 2. The first-order valence-corrected chi connectivity index (χ1v) is 7.70. The van der Waals surface area contributed by atoms with E-state index in [-0.39, 0.29) is 17.5 Å². The van der Waals surface area contributed by atoms with E-state index in [0.29, 0.717) is 22.0 Å². The number of anilines is 2. The third-order valence-corrected chi connectivity index (χ3v) is 3.74. The topological polar surface area (TPSA) is 73.2 Å². The molecule has 5 nitrogen and oxygen atoms in total. The molecule has 0 radical (unpaired) electrons. The lowest BCUT2D eigenvalue weighted by Crippen LogP contribution is -2.37. The second-order valence-electron chi connectivity index (χ2n) is 4.91. The van der Waals surface area contributed by atoms with Crippen molar-refractivity contribution in [3.8, 4) is 6.07 Å². The molecule has 2 aromatic carbocycles. The zero-order valence-electron chi connectivity index (χ0n) is 12.7. The van der Waals surface area contributed by atoms with Crippen LogP contribution in [-0.4, -0.2) is 18.4 Å². The first-order valence-electron chi connectivity index (χ1n) is 6.94. The van der Waals surface area contributed by atoms with Crippen LogP contribution in [0.2, 0.25) is 10.0 Å². The quantitative estimate of drug-likeness (QED) is 0.898. The van der Waals surface area contributed by atoms with Crippen molar-refractivity contribution < 1.29 is 9.59 Å². The molecule has 0 bridgehead atoms. The fourth-order valence-corrected chi connectivity index (χ4v) is 2.60. The second kappa shape index (κ2) is 7.82. The monoisotopic (exact) mass is 361 g/mol. The minimum atomic E-state index is -0.445. The third kappa shape index (κ3) is 4.25. The SMILES string of the molecule is CC(=O)N(CC(=O)Nc1ccccc1C#N)c1ccc(Cl)cc1Cl. The lowest BCUT2D eigenvalue weighted by atomic mass is 10.2. The van der Waals surface area contributed by atoms with E-state index in [2.05, 4.69) is 5.32 Å². The number of hydrogen-bond acceptors (Lipinski definition) is 3. The van der Waals surface area contributed by atoms with Gasteiger partial charge in [0.25, 0.3) is 0 Å². The molecular formula is C17H13Cl2N3O2. The molecule has 0 aliphatic carbocycles. The summed E-state index contributed by atoms with van der Waals surface area (Å²) in [4.78, 5) is 25.4. The fraction of sp³-hybridized carbons (Fsp3) is 0.118. The van der Waals surface area contributed by atoms with Crippen LogP contribution in [0.1, 0.15) is 12.5 Å². The van der Waals surface area contributed by atoms with Gasteiger partial charge in [-0.1, -0.05) is 35.3 Å². The summed E-state index contributed by atoms with van der Waals surface area (Å²) in [5.41, 5.74) is 1.11. The molecule has 0 heterocycles. The van der Waals surface area contributed by atoms with Crippen molar-refractivity contribution in [1.29, 1.82) is 5.26 Å². The van der Waals surface area contributed by atoms with Crippen molar-refractivity contribution in [2.45, 2.75) is 6.92 Å². The molecule has 122 valence electrons. The van der Waals surface area contributed by atoms with E-state index in [1.54, 1.807) is 36.4 Å². The number of nitrogens with one attached hydrogen (secondary N) is 1. The predicted molar refractivity (Wildman–Crippen MR) is 94.3 cm³/mol. The van der Waals surface area contributed by atoms with Crippen molar-refractivity contribution in [3.05, 3.63) is 58.1 Å². The number of carbonyl (C=O) groups is 2. The van der Waals surface area contributed by atoms with Gasteiger partial charge in [-0.25, -0.2) is 0 Å². The summed E-state index contributed by atoms with van der Waals surface area (Å²) in [6, 6.07) is 13.3. The average molecular weight is 362 g/mol. The summed E-state index contributed by atoms with van der Waals surface area (Å²) >= 11 is 12.0. The van der Waals surface area contributed by atoms with Gasteiger partial charge in [-0.3, -0.25) is 9.59 Å². The molecule has 2 rings (SSSR count). The van der Waals surface area contributed by atoms with Gasteiger partial charge >= 0.3 is 0 Å². The van der Waals surface area contributed by atoms with Crippen LogP contribution in [0, 0.1) is 11.3 Å². The molecule has 2 amide bonds. The molecule has 1 N–H and O–H groups in total. The molecule has 0 aromatic heterocycles. The lowest BCUT2D eigenvalue weighted by Gasteiger charge is -2.22. The minimum Gasteiger partial charge on any atom is -0.323 e. The van der Waals surface area contributed by atoms with E-state index in [0.717, 1.165) is 0 Å². The van der Waals surface area contributed by atoms with Crippen LogP contribution in [0.25, 0.3) is 0 Å². The number of amides is 2. The summed E-state index contributed by atoms with van der Waals surface area (Å²) in [6.07, 6.45) is 0. The number of para-hydroxylation sites is 1. The van der Waals surface area contributed by atoms with Crippen LogP contribution < -0.4 is 10.2 Å². The van der Waals surface area contributed by atoms with Gasteiger partial charge in [-0.2, -0.15) is 5.26 Å². The van der Waals surface area contributed by atoms with E-state index in [9.17, 15) is 9.59 Å². The smallest absolute Gasteiger partial charge is 0.244 e. The zero-order valence-corrected chi connectivity index (χ0v) is 14.2. The van der Waals surface area contributed by atoms with Crippen LogP contribution in [0.3, 0.4) is 0 Å². The number of halogens is 2. The number of hydrogen-bond donors (Lipinski definition) is 1. The first-order chi connectivity index (χ1) is 11.4. The van der Waals surface area contributed by atoms with Crippen molar-refractivity contribution in [1.82, 2.24) is 0 Å². The Morgan fingerprint density at radius 1 is 1.21 bits per heavy atom. The third-order valence-electron chi connectivity index (χ3n) is 3.20. The highest BCUT2D eigenvalue weighted by Crippen LogP contribution is 2.29. The summed E-state index contributed by atoms with van der Waals surface area (Å²) in [5, 5.41) is 12.4. The van der Waals surface area contributed by atoms with Gasteiger partial charge in [0.15, 0.2) is 0 Å². The van der Waals surface area contributed by atoms with Gasteiger partial charge in [0, 0.05) is 11.9 Å². The maximum absolute atomic E-state index is 12.3. The van der Waals surface area contributed by atoms with E-state index in [1.165, 1.54) is 17.9 Å². The lowest BCUT2D eigenvalue weighted by molar-refractivity contribution is -0.120. The Balaban J connectivity index is 2.20. The maximum atomic E-state index is 12.3. The molecule has 0 aliphatic rings. The normalized spacial score (nSPS) is 9.92. The highest BCUT2D eigenvalue weighted by atomic mass is 35.5. The fourth-order valence-electron chi connectivity index (χ4n) is 2.09. The first kappa shape index (κ1) is 17.8. The maximum Gasteiger partial charge on any atom is 0.244 e. The molecule has 2 aromatic rings. The Bertz CT molecular complexity index is 831. The van der Waals surface area contributed by atoms with Gasteiger partial charge in [0.1, 0.15) is 12.6 Å². The van der Waals surface area contributed by atoms with Gasteiger partial charge < -0.3 is 10.2 Å². The van der Waals surface area contributed by atoms with Crippen LogP contribution in [0.4, 0.5) is 11.4 Å². The molecule has 0 saturated carbocycles. The molecule has 0 unspecified atom stereocenters. The summed E-state index contributed by atoms with van der Waals surface area (Å²) in [7, 11) is 0. The van der Waals surface area contributed by atoms with E-state index in [4.69, 9.17) is 28.5 Å². The largest absolute Gasteiger partial charge is 0.323 e. The number of rotatable bonds is 4. The summed E-state index contributed by atoms with van der Waals surface area (Å²) in [5.74, 6) is -0.790. The van der Waals surface area contributed by atoms with Gasteiger partial charge in [0.2, 0.25) is 11.8 Å². The summed E-state index contributed by atoms with van der Waals surface area (Å²) in [6.45, 7) is 1.10. The Morgan fingerprint density at radius 2 is 1.92 bits per heavy atom. The standard InChI is InChI=1S/C17H13Cl2N3O2/c1-11(23)22(16-7-6-13(18)8-14(16)19)10-17(24)21-15-5-3-2-4-12(15)9-20/h2-8H,10H2,1H3,(H,21,24). The average Bonchev–Trinajstić information content (AvgIpc) is 2.53. The zero-order chi connectivity index (χ0) is 17.7. The molecule has 0 atom stereocenters. The predicted octanol–water partition coefficient (Wildman–Crippen LogP) is 3.86. The van der Waals surface area contributed by atoms with Crippen LogP contribution in [0.15, 0.2) is 42.5 Å². The Morgan fingerprint density at radius 3 is 2.54 bits per heavy atom. The Kier molecular flexibility index (Phi) is 5.80. The van der Waals surface area contributed by atoms with Gasteiger partial charge in [0.05, 0.1) is 22.0 Å².